The van der Waals surface area contributed by atoms with Gasteiger partial charge < -0.3 is 0 Å². The van der Waals surface area contributed by atoms with Crippen molar-refractivity contribution in [2.45, 2.75) is 69.9 Å². The summed E-state index contributed by atoms with van der Waals surface area (Å²) in [4.78, 5) is 0. The van der Waals surface area contributed by atoms with Crippen LogP contribution in [0.3, 0.4) is 0 Å². The van der Waals surface area contributed by atoms with Gasteiger partial charge in [-0.05, 0) is 58.3 Å². The van der Waals surface area contributed by atoms with Crippen LogP contribution in [0.25, 0.3) is 0 Å². The van der Waals surface area contributed by atoms with E-state index in [1.165, 1.54) is 12.8 Å². The zero-order valence-electron chi connectivity index (χ0n) is 12.1. The molecule has 4 heteroatoms. The molecule has 0 spiro atoms. The molecule has 3 atom stereocenters. The second-order valence-electron chi connectivity index (χ2n) is 6.58. The van der Waals surface area contributed by atoms with Crippen LogP contribution in [0.15, 0.2) is 0 Å². The van der Waals surface area contributed by atoms with Crippen molar-refractivity contribution < 1.29 is 8.42 Å². The van der Waals surface area contributed by atoms with E-state index >= 15 is 0 Å². The second-order valence-corrected chi connectivity index (χ2v) is 10.0. The van der Waals surface area contributed by atoms with Gasteiger partial charge in [-0.2, -0.15) is 0 Å². The van der Waals surface area contributed by atoms with Crippen LogP contribution in [0, 0.1) is 11.8 Å². The van der Waals surface area contributed by atoms with Gasteiger partial charge in [-0.15, -0.1) is 11.6 Å². The summed E-state index contributed by atoms with van der Waals surface area (Å²) in [7, 11) is -3.00. The number of hydrogen-bond donors (Lipinski definition) is 0. The fourth-order valence-corrected chi connectivity index (χ4v) is 4.19. The Bertz CT molecular complexity index is 356. The normalized spacial score (nSPS) is 30.4. The lowest BCUT2D eigenvalue weighted by atomic mass is 9.79. The molecule has 0 heterocycles. The van der Waals surface area contributed by atoms with Crippen LogP contribution in [-0.2, 0) is 9.84 Å². The summed E-state index contributed by atoms with van der Waals surface area (Å²) in [6, 6.07) is 0. The molecular formula is C14H27ClO2S. The van der Waals surface area contributed by atoms with E-state index in [0.717, 1.165) is 25.2 Å². The van der Waals surface area contributed by atoms with Crippen molar-refractivity contribution in [1.29, 1.82) is 0 Å². The second kappa shape index (κ2) is 6.13. The van der Waals surface area contributed by atoms with Crippen LogP contribution < -0.4 is 0 Å². The van der Waals surface area contributed by atoms with E-state index < -0.39 is 14.6 Å². The fraction of sp³-hybridized carbons (Fsp3) is 1.00. The van der Waals surface area contributed by atoms with Gasteiger partial charge in [-0.25, -0.2) is 8.42 Å². The lowest BCUT2D eigenvalue weighted by molar-refractivity contribution is 0.261. The third-order valence-electron chi connectivity index (χ3n) is 4.27. The highest BCUT2D eigenvalue weighted by molar-refractivity contribution is 7.92. The standard InChI is InChI=1S/C14H27ClO2S/c1-5-11-6-7-13(15)12(10-11)8-9-18(16,17)14(2,3)4/h11-13H,5-10H2,1-4H3. The van der Waals surface area contributed by atoms with Crippen molar-refractivity contribution in [2.24, 2.45) is 11.8 Å². The molecule has 0 bridgehead atoms. The first kappa shape index (κ1) is 16.3. The Morgan fingerprint density at radius 1 is 1.22 bits per heavy atom. The van der Waals surface area contributed by atoms with Crippen molar-refractivity contribution in [3.63, 3.8) is 0 Å². The van der Waals surface area contributed by atoms with Crippen molar-refractivity contribution >= 4 is 21.4 Å². The average molecular weight is 295 g/mol. The van der Waals surface area contributed by atoms with Gasteiger partial charge in [-0.1, -0.05) is 13.3 Å². The summed E-state index contributed by atoms with van der Waals surface area (Å²) in [5.74, 6) is 1.39. The third-order valence-corrected chi connectivity index (χ3v) is 7.48. The summed E-state index contributed by atoms with van der Waals surface area (Å²) in [6.45, 7) is 7.53. The molecule has 0 saturated heterocycles. The Labute approximate surface area is 117 Å². The highest BCUT2D eigenvalue weighted by Gasteiger charge is 2.33. The Hall–Kier alpha value is 0.240. The van der Waals surface area contributed by atoms with Gasteiger partial charge >= 0.3 is 0 Å². The van der Waals surface area contributed by atoms with E-state index in [0.29, 0.717) is 5.92 Å². The number of hydrogen-bond acceptors (Lipinski definition) is 2. The monoisotopic (exact) mass is 294 g/mol. The molecule has 1 fully saturated rings. The quantitative estimate of drug-likeness (QED) is 0.734. The molecule has 18 heavy (non-hydrogen) atoms. The Morgan fingerprint density at radius 2 is 1.83 bits per heavy atom. The third kappa shape index (κ3) is 4.12. The minimum absolute atomic E-state index is 0.169. The molecule has 0 radical (unpaired) electrons. The van der Waals surface area contributed by atoms with E-state index in [-0.39, 0.29) is 11.1 Å². The molecule has 1 saturated carbocycles. The van der Waals surface area contributed by atoms with Gasteiger partial charge in [0.15, 0.2) is 9.84 Å². The maximum atomic E-state index is 12.1. The van der Waals surface area contributed by atoms with E-state index in [9.17, 15) is 8.42 Å². The van der Waals surface area contributed by atoms with Crippen LogP contribution in [-0.4, -0.2) is 24.3 Å². The molecule has 1 aliphatic carbocycles. The zero-order valence-corrected chi connectivity index (χ0v) is 13.6. The van der Waals surface area contributed by atoms with E-state index in [2.05, 4.69) is 6.92 Å². The summed E-state index contributed by atoms with van der Waals surface area (Å²) < 4.78 is 23.6. The summed E-state index contributed by atoms with van der Waals surface area (Å²) in [5, 5.41) is 0.169. The van der Waals surface area contributed by atoms with Crippen molar-refractivity contribution in [1.82, 2.24) is 0 Å². The van der Waals surface area contributed by atoms with E-state index in [1.54, 1.807) is 20.8 Å². The van der Waals surface area contributed by atoms with Gasteiger partial charge in [0.05, 0.1) is 10.5 Å². The molecule has 2 nitrogen and oxygen atoms in total. The highest BCUT2D eigenvalue weighted by atomic mass is 35.5. The van der Waals surface area contributed by atoms with Crippen molar-refractivity contribution in [2.75, 3.05) is 5.75 Å². The fourth-order valence-electron chi connectivity index (χ4n) is 2.61. The van der Waals surface area contributed by atoms with Crippen LogP contribution in [0.1, 0.15) is 59.8 Å². The first-order valence-electron chi connectivity index (χ1n) is 7.03. The number of sulfone groups is 1. The first-order valence-corrected chi connectivity index (χ1v) is 9.12. The summed E-state index contributed by atoms with van der Waals surface area (Å²) in [6.07, 6.45) is 5.26. The molecule has 0 aromatic carbocycles. The minimum Gasteiger partial charge on any atom is -0.228 e. The first-order chi connectivity index (χ1) is 8.17. The van der Waals surface area contributed by atoms with Crippen molar-refractivity contribution in [3.05, 3.63) is 0 Å². The maximum absolute atomic E-state index is 12.1. The van der Waals surface area contributed by atoms with Gasteiger partial charge in [0.2, 0.25) is 0 Å². The van der Waals surface area contributed by atoms with Gasteiger partial charge in [0.25, 0.3) is 0 Å². The van der Waals surface area contributed by atoms with Crippen molar-refractivity contribution in [3.8, 4) is 0 Å². The van der Waals surface area contributed by atoms with Gasteiger partial charge in [-0.3, -0.25) is 0 Å². The smallest absolute Gasteiger partial charge is 0.155 e. The topological polar surface area (TPSA) is 34.1 Å². The van der Waals surface area contributed by atoms with Crippen LogP contribution in [0.2, 0.25) is 0 Å². The summed E-state index contributed by atoms with van der Waals surface area (Å²) in [5.41, 5.74) is 0. The molecule has 1 rings (SSSR count). The molecule has 0 aromatic rings. The lowest BCUT2D eigenvalue weighted by Gasteiger charge is -2.33. The van der Waals surface area contributed by atoms with Crippen LogP contribution >= 0.6 is 11.6 Å². The predicted molar refractivity (Wildman–Crippen MR) is 78.9 cm³/mol. The summed E-state index contributed by atoms with van der Waals surface area (Å²) >= 11 is 6.35. The molecule has 1 aliphatic rings. The SMILES string of the molecule is CCC1CCC(Cl)C(CCS(=O)(=O)C(C)(C)C)C1. The maximum Gasteiger partial charge on any atom is 0.155 e. The van der Waals surface area contributed by atoms with E-state index in [1.807, 2.05) is 0 Å². The molecule has 0 amide bonds. The Morgan fingerprint density at radius 3 is 2.33 bits per heavy atom. The highest BCUT2D eigenvalue weighted by Crippen LogP contribution is 2.36. The predicted octanol–water partition coefficient (Wildman–Crippen LogP) is 4.02. The molecule has 0 aromatic heterocycles. The lowest BCUT2D eigenvalue weighted by Crippen LogP contribution is -2.33. The van der Waals surface area contributed by atoms with Gasteiger partial charge in [0.1, 0.15) is 0 Å². The molecule has 0 N–H and O–H groups in total. The molecule has 3 unspecified atom stereocenters. The molecular weight excluding hydrogens is 268 g/mol. The molecule has 108 valence electrons. The largest absolute Gasteiger partial charge is 0.228 e. The number of halogens is 1. The number of alkyl halides is 1. The Kier molecular flexibility index (Phi) is 5.55. The number of rotatable bonds is 4. The Balaban J connectivity index is 2.57. The van der Waals surface area contributed by atoms with Gasteiger partial charge in [0, 0.05) is 5.38 Å². The molecule has 0 aliphatic heterocycles. The van der Waals surface area contributed by atoms with E-state index in [4.69, 9.17) is 11.6 Å². The van der Waals surface area contributed by atoms with Crippen LogP contribution in [0.4, 0.5) is 0 Å². The zero-order chi connectivity index (χ0) is 14.0. The van der Waals surface area contributed by atoms with Crippen LogP contribution in [0.5, 0.6) is 0 Å². The minimum atomic E-state index is -3.00. The average Bonchev–Trinajstić information content (AvgIpc) is 2.26.